The molecule has 0 bridgehead atoms. The van der Waals surface area contributed by atoms with E-state index in [1.165, 1.54) is 0 Å². The van der Waals surface area contributed by atoms with Crippen molar-refractivity contribution in [1.29, 1.82) is 0 Å². The average Bonchev–Trinajstić information content (AvgIpc) is 2.32. The molecule has 0 radical (unpaired) electrons. The Morgan fingerprint density at radius 3 is 2.48 bits per heavy atom. The topological polar surface area (TPSA) is 78.9 Å². The molecule has 0 aromatic heterocycles. The molecule has 6 nitrogen and oxygen atoms in total. The molecule has 0 spiro atoms. The number of piperidine rings is 1. The van der Waals surface area contributed by atoms with E-state index < -0.39 is 17.7 Å². The zero-order valence-electron chi connectivity index (χ0n) is 15.1. The second kappa shape index (κ2) is 8.52. The lowest BCUT2D eigenvalue weighted by atomic mass is 9.90. The van der Waals surface area contributed by atoms with Gasteiger partial charge in [-0.15, -0.1) is 0 Å². The molecule has 2 unspecified atom stereocenters. The molecule has 1 rings (SSSR count). The summed E-state index contributed by atoms with van der Waals surface area (Å²) in [5, 5.41) is 11.8. The molecule has 1 aliphatic heterocycles. The lowest BCUT2D eigenvalue weighted by molar-refractivity contribution is -0.137. The minimum absolute atomic E-state index is 0.0103. The summed E-state index contributed by atoms with van der Waals surface area (Å²) in [5.74, 6) is 0.0663. The first kappa shape index (κ1) is 19.7. The van der Waals surface area contributed by atoms with Crippen LogP contribution in [0.5, 0.6) is 0 Å². The summed E-state index contributed by atoms with van der Waals surface area (Å²) >= 11 is 0. The highest BCUT2D eigenvalue weighted by atomic mass is 16.6. The monoisotopic (exact) mass is 328 g/mol. The minimum atomic E-state index is -0.761. The lowest BCUT2D eigenvalue weighted by Gasteiger charge is -2.39. The number of nitrogens with one attached hydrogen (secondary N) is 1. The highest BCUT2D eigenvalue weighted by Crippen LogP contribution is 2.22. The van der Waals surface area contributed by atoms with Gasteiger partial charge in [-0.2, -0.15) is 0 Å². The van der Waals surface area contributed by atoms with E-state index in [1.54, 1.807) is 0 Å². The van der Waals surface area contributed by atoms with Gasteiger partial charge in [0.15, 0.2) is 0 Å². The Labute approximate surface area is 139 Å². The van der Waals surface area contributed by atoms with Crippen molar-refractivity contribution >= 4 is 12.1 Å². The maximum absolute atomic E-state index is 12.0. The molecule has 23 heavy (non-hydrogen) atoms. The average molecular weight is 328 g/mol. The van der Waals surface area contributed by atoms with Crippen molar-refractivity contribution in [3.05, 3.63) is 0 Å². The molecule has 1 amide bonds. The second-order valence-corrected chi connectivity index (χ2v) is 7.99. The number of aliphatic carboxylic acids is 1. The van der Waals surface area contributed by atoms with Gasteiger partial charge in [0.2, 0.25) is 0 Å². The summed E-state index contributed by atoms with van der Waals surface area (Å²) < 4.78 is 5.33. The number of carbonyl (C=O) groups excluding carboxylic acids is 1. The highest BCUT2D eigenvalue weighted by molar-refractivity contribution is 5.68. The third kappa shape index (κ3) is 8.79. The van der Waals surface area contributed by atoms with Gasteiger partial charge < -0.3 is 20.1 Å². The maximum atomic E-state index is 12.0. The van der Waals surface area contributed by atoms with Crippen LogP contribution in [0.2, 0.25) is 0 Å². The van der Waals surface area contributed by atoms with Gasteiger partial charge in [0.1, 0.15) is 5.60 Å². The minimum Gasteiger partial charge on any atom is -0.481 e. The zero-order valence-corrected chi connectivity index (χ0v) is 15.1. The smallest absolute Gasteiger partial charge is 0.407 e. The summed E-state index contributed by atoms with van der Waals surface area (Å²) in [6.45, 7) is 12.5. The fraction of sp³-hybridized carbons (Fsp3) is 0.882. The zero-order chi connectivity index (χ0) is 17.6. The van der Waals surface area contributed by atoms with Crippen molar-refractivity contribution in [1.82, 2.24) is 10.2 Å². The first-order valence-corrected chi connectivity index (χ1v) is 8.49. The van der Waals surface area contributed by atoms with Crippen LogP contribution in [0.15, 0.2) is 0 Å². The molecule has 0 aromatic carbocycles. The predicted octanol–water partition coefficient (Wildman–Crippen LogP) is 2.72. The van der Waals surface area contributed by atoms with Crippen molar-refractivity contribution in [3.63, 3.8) is 0 Å². The van der Waals surface area contributed by atoms with Crippen LogP contribution in [-0.4, -0.2) is 53.3 Å². The highest BCUT2D eigenvalue weighted by Gasteiger charge is 2.30. The summed E-state index contributed by atoms with van der Waals surface area (Å²) in [6.07, 6.45) is 1.24. The maximum Gasteiger partial charge on any atom is 0.407 e. The number of alkyl carbamates (subject to hydrolysis) is 1. The van der Waals surface area contributed by atoms with Crippen LogP contribution in [0.25, 0.3) is 0 Å². The van der Waals surface area contributed by atoms with Crippen LogP contribution < -0.4 is 5.32 Å². The van der Waals surface area contributed by atoms with Crippen molar-refractivity contribution in [2.75, 3.05) is 19.6 Å². The lowest BCUT2D eigenvalue weighted by Crippen LogP contribution is -2.52. The third-order valence-electron chi connectivity index (χ3n) is 3.72. The SMILES string of the molecule is CC(C)CN1CC(CCC(=O)O)CC(NC(=O)OC(C)(C)C)C1. The normalized spacial score (nSPS) is 22.9. The molecule has 134 valence electrons. The van der Waals surface area contributed by atoms with Gasteiger partial charge in [0.05, 0.1) is 0 Å². The number of carboxylic acids is 1. The van der Waals surface area contributed by atoms with Crippen molar-refractivity contribution < 1.29 is 19.4 Å². The van der Waals surface area contributed by atoms with Gasteiger partial charge >= 0.3 is 12.1 Å². The number of likely N-dealkylation sites (tertiary alicyclic amines) is 1. The van der Waals surface area contributed by atoms with Gasteiger partial charge in [-0.1, -0.05) is 13.8 Å². The van der Waals surface area contributed by atoms with Gasteiger partial charge in [0, 0.05) is 32.1 Å². The fourth-order valence-corrected chi connectivity index (χ4v) is 3.08. The summed E-state index contributed by atoms with van der Waals surface area (Å²) in [7, 11) is 0. The summed E-state index contributed by atoms with van der Waals surface area (Å²) in [5.41, 5.74) is -0.515. The molecule has 2 N–H and O–H groups in total. The molecular weight excluding hydrogens is 296 g/mol. The predicted molar refractivity (Wildman–Crippen MR) is 89.4 cm³/mol. The molecule has 1 aliphatic rings. The molecule has 6 heteroatoms. The molecule has 1 fully saturated rings. The van der Waals surface area contributed by atoms with E-state index in [0.29, 0.717) is 18.3 Å². The van der Waals surface area contributed by atoms with Crippen LogP contribution in [0.3, 0.4) is 0 Å². The number of rotatable bonds is 6. The van der Waals surface area contributed by atoms with Crippen molar-refractivity contribution in [2.45, 2.75) is 65.5 Å². The summed E-state index contributed by atoms with van der Waals surface area (Å²) in [6, 6.07) is 0.0103. The largest absolute Gasteiger partial charge is 0.481 e. The van der Waals surface area contributed by atoms with Gasteiger partial charge in [-0.25, -0.2) is 4.79 Å². The van der Waals surface area contributed by atoms with Crippen molar-refractivity contribution in [3.8, 4) is 0 Å². The Morgan fingerprint density at radius 1 is 1.30 bits per heavy atom. The standard InChI is InChI=1S/C17H32N2O4/c1-12(2)9-19-10-13(6-7-15(20)21)8-14(11-19)18-16(22)23-17(3,4)5/h12-14H,6-11H2,1-5H3,(H,18,22)(H,20,21). The van der Waals surface area contributed by atoms with Crippen LogP contribution in [-0.2, 0) is 9.53 Å². The van der Waals surface area contributed by atoms with Crippen LogP contribution in [0.1, 0.15) is 53.9 Å². The van der Waals surface area contributed by atoms with E-state index in [-0.39, 0.29) is 12.5 Å². The number of hydrogen-bond acceptors (Lipinski definition) is 4. The Kier molecular flexibility index (Phi) is 7.32. The van der Waals surface area contributed by atoms with Crippen LogP contribution in [0, 0.1) is 11.8 Å². The molecule has 0 aliphatic carbocycles. The first-order valence-electron chi connectivity index (χ1n) is 8.49. The number of nitrogens with zero attached hydrogens (tertiary/aromatic N) is 1. The van der Waals surface area contributed by atoms with E-state index in [9.17, 15) is 9.59 Å². The van der Waals surface area contributed by atoms with E-state index in [0.717, 1.165) is 26.1 Å². The third-order valence-corrected chi connectivity index (χ3v) is 3.72. The Balaban J connectivity index is 2.61. The quantitative estimate of drug-likeness (QED) is 0.784. The Morgan fingerprint density at radius 2 is 1.96 bits per heavy atom. The van der Waals surface area contributed by atoms with Crippen molar-refractivity contribution in [2.24, 2.45) is 11.8 Å². The molecular formula is C17H32N2O4. The number of carbonyl (C=O) groups is 2. The number of carboxylic acid groups (broad SMARTS) is 1. The van der Waals surface area contributed by atoms with E-state index >= 15 is 0 Å². The van der Waals surface area contributed by atoms with Gasteiger partial charge in [-0.3, -0.25) is 4.79 Å². The molecule has 0 saturated carbocycles. The second-order valence-electron chi connectivity index (χ2n) is 7.99. The summed E-state index contributed by atoms with van der Waals surface area (Å²) in [4.78, 5) is 25.1. The van der Waals surface area contributed by atoms with Crippen LogP contribution in [0.4, 0.5) is 4.79 Å². The van der Waals surface area contributed by atoms with Crippen LogP contribution >= 0.6 is 0 Å². The molecule has 2 atom stereocenters. The van der Waals surface area contributed by atoms with E-state index in [4.69, 9.17) is 9.84 Å². The Bertz CT molecular complexity index is 404. The molecule has 0 aromatic rings. The number of amides is 1. The molecule has 1 saturated heterocycles. The fourth-order valence-electron chi connectivity index (χ4n) is 3.08. The van der Waals surface area contributed by atoms with E-state index in [1.807, 2.05) is 20.8 Å². The number of ether oxygens (including phenoxy) is 1. The number of hydrogen-bond donors (Lipinski definition) is 2. The first-order chi connectivity index (χ1) is 10.5. The molecule has 1 heterocycles. The van der Waals surface area contributed by atoms with Gasteiger partial charge in [-0.05, 0) is 45.4 Å². The van der Waals surface area contributed by atoms with Gasteiger partial charge in [0.25, 0.3) is 0 Å². The Hall–Kier alpha value is -1.30. The van der Waals surface area contributed by atoms with E-state index in [2.05, 4.69) is 24.1 Å².